The van der Waals surface area contributed by atoms with Gasteiger partial charge in [-0.25, -0.2) is 8.78 Å². The highest BCUT2D eigenvalue weighted by molar-refractivity contribution is 5.21. The zero-order valence-corrected chi connectivity index (χ0v) is 8.70. The summed E-state index contributed by atoms with van der Waals surface area (Å²) in [6.45, 7) is 1.90. The van der Waals surface area contributed by atoms with Crippen LogP contribution in [0.3, 0.4) is 0 Å². The summed E-state index contributed by atoms with van der Waals surface area (Å²) in [5.74, 6) is -0.280. The SMILES string of the molecule is CCc1noc(Cc2ccc(F)cc2F)n1. The van der Waals surface area contributed by atoms with Crippen LogP contribution in [0.2, 0.25) is 0 Å². The smallest absolute Gasteiger partial charge is 0.231 e. The fourth-order valence-corrected chi connectivity index (χ4v) is 1.33. The van der Waals surface area contributed by atoms with E-state index in [0.29, 0.717) is 23.7 Å². The molecule has 2 rings (SSSR count). The Hall–Kier alpha value is -1.78. The predicted molar refractivity (Wildman–Crippen MR) is 52.8 cm³/mol. The highest BCUT2D eigenvalue weighted by Gasteiger charge is 2.09. The van der Waals surface area contributed by atoms with Gasteiger partial charge in [-0.15, -0.1) is 0 Å². The highest BCUT2D eigenvalue weighted by atomic mass is 19.1. The number of hydrogen-bond acceptors (Lipinski definition) is 3. The molecule has 16 heavy (non-hydrogen) atoms. The van der Waals surface area contributed by atoms with Crippen molar-refractivity contribution < 1.29 is 13.3 Å². The first-order chi connectivity index (χ1) is 7.69. The maximum atomic E-state index is 13.3. The average Bonchev–Trinajstić information content (AvgIpc) is 2.70. The summed E-state index contributed by atoms with van der Waals surface area (Å²) < 4.78 is 30.9. The molecular formula is C11H10F2N2O. The summed E-state index contributed by atoms with van der Waals surface area (Å²) in [7, 11) is 0. The van der Waals surface area contributed by atoms with Gasteiger partial charge in [-0.05, 0) is 11.6 Å². The van der Waals surface area contributed by atoms with Crippen LogP contribution in [0.4, 0.5) is 8.78 Å². The minimum Gasteiger partial charge on any atom is -0.339 e. The second-order valence-corrected chi connectivity index (χ2v) is 3.37. The molecular weight excluding hydrogens is 214 g/mol. The number of nitrogens with zero attached hydrogens (tertiary/aromatic N) is 2. The van der Waals surface area contributed by atoms with E-state index in [1.807, 2.05) is 6.92 Å². The summed E-state index contributed by atoms with van der Waals surface area (Å²) in [4.78, 5) is 4.05. The van der Waals surface area contributed by atoms with E-state index in [0.717, 1.165) is 6.07 Å². The largest absolute Gasteiger partial charge is 0.339 e. The number of halogens is 2. The van der Waals surface area contributed by atoms with Gasteiger partial charge in [0.2, 0.25) is 5.89 Å². The maximum Gasteiger partial charge on any atom is 0.231 e. The molecule has 1 heterocycles. The van der Waals surface area contributed by atoms with Crippen LogP contribution in [0.1, 0.15) is 24.2 Å². The van der Waals surface area contributed by atoms with Crippen LogP contribution in [0.5, 0.6) is 0 Å². The van der Waals surface area contributed by atoms with Crippen molar-refractivity contribution in [3.05, 3.63) is 47.1 Å². The first-order valence-electron chi connectivity index (χ1n) is 4.94. The van der Waals surface area contributed by atoms with Crippen LogP contribution in [0.15, 0.2) is 22.7 Å². The molecule has 0 atom stereocenters. The molecule has 0 fully saturated rings. The molecule has 0 saturated carbocycles. The van der Waals surface area contributed by atoms with Crippen LogP contribution in [0.25, 0.3) is 0 Å². The second kappa shape index (κ2) is 4.38. The molecule has 0 radical (unpaired) electrons. The molecule has 0 amide bonds. The third-order valence-electron chi connectivity index (χ3n) is 2.18. The molecule has 0 aliphatic carbocycles. The Kier molecular flexibility index (Phi) is 2.94. The Morgan fingerprint density at radius 2 is 2.12 bits per heavy atom. The van der Waals surface area contributed by atoms with Gasteiger partial charge in [0, 0.05) is 12.5 Å². The molecule has 0 N–H and O–H groups in total. The molecule has 84 valence electrons. The van der Waals surface area contributed by atoms with Gasteiger partial charge in [0.1, 0.15) is 11.6 Å². The minimum atomic E-state index is -0.601. The van der Waals surface area contributed by atoms with Crippen LogP contribution in [-0.4, -0.2) is 10.1 Å². The van der Waals surface area contributed by atoms with Crippen molar-refractivity contribution in [3.8, 4) is 0 Å². The van der Waals surface area contributed by atoms with Crippen LogP contribution in [0, 0.1) is 11.6 Å². The van der Waals surface area contributed by atoms with E-state index in [4.69, 9.17) is 4.52 Å². The Bertz CT molecular complexity index is 496. The van der Waals surface area contributed by atoms with Crippen molar-refractivity contribution in [2.24, 2.45) is 0 Å². The number of hydrogen-bond donors (Lipinski definition) is 0. The molecule has 0 bridgehead atoms. The summed E-state index contributed by atoms with van der Waals surface area (Å²) in [6, 6.07) is 3.42. The van der Waals surface area contributed by atoms with Gasteiger partial charge >= 0.3 is 0 Å². The first-order valence-corrected chi connectivity index (χ1v) is 4.94. The summed E-state index contributed by atoms with van der Waals surface area (Å²) in [5, 5.41) is 3.70. The number of aryl methyl sites for hydroxylation is 1. The van der Waals surface area contributed by atoms with E-state index in [1.165, 1.54) is 12.1 Å². The van der Waals surface area contributed by atoms with E-state index >= 15 is 0 Å². The molecule has 3 nitrogen and oxygen atoms in total. The average molecular weight is 224 g/mol. The lowest BCUT2D eigenvalue weighted by molar-refractivity contribution is 0.378. The first kappa shape index (κ1) is 10.7. The molecule has 0 aliphatic rings. The van der Waals surface area contributed by atoms with Crippen LogP contribution >= 0.6 is 0 Å². The van der Waals surface area contributed by atoms with E-state index in [2.05, 4.69) is 10.1 Å². The molecule has 2 aromatic rings. The standard InChI is InChI=1S/C11H10F2N2O/c1-2-10-14-11(16-15-10)5-7-3-4-8(12)6-9(7)13/h3-4,6H,2,5H2,1H3. The van der Waals surface area contributed by atoms with Crippen LogP contribution < -0.4 is 0 Å². The summed E-state index contributed by atoms with van der Waals surface area (Å²) >= 11 is 0. The molecule has 0 aliphatic heterocycles. The summed E-state index contributed by atoms with van der Waals surface area (Å²) in [6.07, 6.45) is 0.842. The third kappa shape index (κ3) is 2.24. The number of rotatable bonds is 3. The molecule has 0 spiro atoms. The Labute approximate surface area is 91.1 Å². The highest BCUT2D eigenvalue weighted by Crippen LogP contribution is 2.13. The Morgan fingerprint density at radius 3 is 2.75 bits per heavy atom. The van der Waals surface area contributed by atoms with Gasteiger partial charge in [0.25, 0.3) is 0 Å². The zero-order valence-electron chi connectivity index (χ0n) is 8.70. The molecule has 0 unspecified atom stereocenters. The van der Waals surface area contributed by atoms with E-state index < -0.39 is 11.6 Å². The zero-order chi connectivity index (χ0) is 11.5. The van der Waals surface area contributed by atoms with Crippen molar-refractivity contribution in [1.82, 2.24) is 10.1 Å². The van der Waals surface area contributed by atoms with Crippen molar-refractivity contribution in [2.45, 2.75) is 19.8 Å². The van der Waals surface area contributed by atoms with Gasteiger partial charge in [-0.1, -0.05) is 18.1 Å². The molecule has 0 saturated heterocycles. The third-order valence-corrected chi connectivity index (χ3v) is 2.18. The topological polar surface area (TPSA) is 38.9 Å². The Morgan fingerprint density at radius 1 is 1.31 bits per heavy atom. The van der Waals surface area contributed by atoms with Gasteiger partial charge in [0.05, 0.1) is 6.42 Å². The summed E-state index contributed by atoms with van der Waals surface area (Å²) in [5.41, 5.74) is 0.340. The fraction of sp³-hybridized carbons (Fsp3) is 0.273. The fourth-order valence-electron chi connectivity index (χ4n) is 1.33. The normalized spacial score (nSPS) is 10.7. The van der Waals surface area contributed by atoms with E-state index in [9.17, 15) is 8.78 Å². The quantitative estimate of drug-likeness (QED) is 0.804. The van der Waals surface area contributed by atoms with Gasteiger partial charge < -0.3 is 4.52 Å². The number of aromatic nitrogens is 2. The van der Waals surface area contributed by atoms with Gasteiger partial charge in [-0.3, -0.25) is 0 Å². The van der Waals surface area contributed by atoms with E-state index in [-0.39, 0.29) is 6.42 Å². The molecule has 5 heteroatoms. The van der Waals surface area contributed by atoms with Crippen molar-refractivity contribution in [3.63, 3.8) is 0 Å². The lowest BCUT2D eigenvalue weighted by Gasteiger charge is -1.98. The monoisotopic (exact) mass is 224 g/mol. The van der Waals surface area contributed by atoms with Crippen LogP contribution in [-0.2, 0) is 12.8 Å². The van der Waals surface area contributed by atoms with Gasteiger partial charge in [0.15, 0.2) is 5.82 Å². The number of benzene rings is 1. The molecule has 1 aromatic carbocycles. The lowest BCUT2D eigenvalue weighted by Crippen LogP contribution is -1.94. The molecule has 1 aromatic heterocycles. The predicted octanol–water partition coefficient (Wildman–Crippen LogP) is 2.50. The van der Waals surface area contributed by atoms with Gasteiger partial charge in [-0.2, -0.15) is 4.98 Å². The second-order valence-electron chi connectivity index (χ2n) is 3.37. The maximum absolute atomic E-state index is 13.3. The van der Waals surface area contributed by atoms with Crippen molar-refractivity contribution in [1.29, 1.82) is 0 Å². The van der Waals surface area contributed by atoms with Crippen molar-refractivity contribution in [2.75, 3.05) is 0 Å². The Balaban J connectivity index is 2.20. The van der Waals surface area contributed by atoms with E-state index in [1.54, 1.807) is 0 Å². The lowest BCUT2D eigenvalue weighted by atomic mass is 10.1. The van der Waals surface area contributed by atoms with Crippen molar-refractivity contribution >= 4 is 0 Å². The minimum absolute atomic E-state index is 0.180.